The van der Waals surface area contributed by atoms with Gasteiger partial charge in [0, 0.05) is 11.3 Å². The Hall–Kier alpha value is -3.13. The summed E-state index contributed by atoms with van der Waals surface area (Å²) in [5.74, 6) is -0.592. The number of hydrogen-bond donors (Lipinski definition) is 2. The SMILES string of the molecule is CCc1ccc(C(=O)NNC(=O)CSc2nncn2-c2ccc(C)cc2)cc1. The number of nitrogens with one attached hydrogen (secondary N) is 2. The van der Waals surface area contributed by atoms with Crippen molar-refractivity contribution in [2.24, 2.45) is 0 Å². The number of hydrogen-bond acceptors (Lipinski definition) is 5. The first-order chi connectivity index (χ1) is 13.6. The second kappa shape index (κ2) is 9.18. The van der Waals surface area contributed by atoms with Crippen LogP contribution in [-0.4, -0.2) is 32.3 Å². The maximum atomic E-state index is 12.1. The van der Waals surface area contributed by atoms with Gasteiger partial charge in [0.25, 0.3) is 5.91 Å². The predicted octanol–water partition coefficient (Wildman–Crippen LogP) is 2.69. The minimum Gasteiger partial charge on any atom is -0.277 e. The first-order valence-corrected chi connectivity index (χ1v) is 9.83. The molecule has 7 nitrogen and oxygen atoms in total. The highest BCUT2D eigenvalue weighted by atomic mass is 32.2. The van der Waals surface area contributed by atoms with Crippen molar-refractivity contribution in [1.82, 2.24) is 25.6 Å². The van der Waals surface area contributed by atoms with E-state index < -0.39 is 0 Å². The van der Waals surface area contributed by atoms with Gasteiger partial charge < -0.3 is 0 Å². The van der Waals surface area contributed by atoms with Crippen molar-refractivity contribution in [3.63, 3.8) is 0 Å². The van der Waals surface area contributed by atoms with Crippen molar-refractivity contribution in [2.75, 3.05) is 5.75 Å². The molecule has 144 valence electrons. The van der Waals surface area contributed by atoms with Crippen LogP contribution in [0.5, 0.6) is 0 Å². The van der Waals surface area contributed by atoms with Crippen molar-refractivity contribution in [3.05, 3.63) is 71.5 Å². The van der Waals surface area contributed by atoms with Crippen LogP contribution in [0.15, 0.2) is 60.0 Å². The zero-order valence-corrected chi connectivity index (χ0v) is 16.5. The lowest BCUT2D eigenvalue weighted by Crippen LogP contribution is -2.42. The van der Waals surface area contributed by atoms with Crippen LogP contribution in [0.3, 0.4) is 0 Å². The Morgan fingerprint density at radius 3 is 2.43 bits per heavy atom. The van der Waals surface area contributed by atoms with Crippen molar-refractivity contribution in [3.8, 4) is 5.69 Å². The Morgan fingerprint density at radius 1 is 1.04 bits per heavy atom. The molecule has 3 aromatic rings. The minimum atomic E-state index is -0.358. The third-order valence-corrected chi connectivity index (χ3v) is 5.04. The molecule has 0 bridgehead atoms. The fourth-order valence-corrected chi connectivity index (χ4v) is 3.19. The zero-order valence-electron chi connectivity index (χ0n) is 15.7. The lowest BCUT2D eigenvalue weighted by molar-refractivity contribution is -0.119. The van der Waals surface area contributed by atoms with Crippen LogP contribution in [0.2, 0.25) is 0 Å². The van der Waals surface area contributed by atoms with E-state index in [4.69, 9.17) is 0 Å². The smallest absolute Gasteiger partial charge is 0.269 e. The highest BCUT2D eigenvalue weighted by Crippen LogP contribution is 2.19. The van der Waals surface area contributed by atoms with Gasteiger partial charge >= 0.3 is 0 Å². The standard InChI is InChI=1S/C20H21N5O2S/c1-3-15-6-8-16(9-7-15)19(27)23-22-18(26)12-28-20-24-21-13-25(20)17-10-4-14(2)5-11-17/h4-11,13H,3,12H2,1-2H3,(H,22,26)(H,23,27). The van der Waals surface area contributed by atoms with E-state index in [0.717, 1.165) is 23.2 Å². The number of amides is 2. The summed E-state index contributed by atoms with van der Waals surface area (Å²) in [5.41, 5.74) is 8.56. The number of hydrazine groups is 1. The molecular weight excluding hydrogens is 374 g/mol. The van der Waals surface area contributed by atoms with Crippen molar-refractivity contribution < 1.29 is 9.59 Å². The first-order valence-electron chi connectivity index (χ1n) is 8.85. The molecule has 1 aromatic heterocycles. The average Bonchev–Trinajstić information content (AvgIpc) is 3.19. The lowest BCUT2D eigenvalue weighted by atomic mass is 10.1. The van der Waals surface area contributed by atoms with Crippen LogP contribution in [0.1, 0.15) is 28.4 Å². The van der Waals surface area contributed by atoms with Crippen LogP contribution < -0.4 is 10.9 Å². The first kappa shape index (κ1) is 19.6. The Labute approximate surface area is 167 Å². The summed E-state index contributed by atoms with van der Waals surface area (Å²) in [6.45, 7) is 4.06. The summed E-state index contributed by atoms with van der Waals surface area (Å²) in [6, 6.07) is 15.2. The van der Waals surface area contributed by atoms with E-state index in [1.54, 1.807) is 18.5 Å². The van der Waals surface area contributed by atoms with E-state index in [2.05, 4.69) is 21.0 Å². The summed E-state index contributed by atoms with van der Waals surface area (Å²) >= 11 is 1.24. The fraction of sp³-hybridized carbons (Fsp3) is 0.200. The molecule has 1 heterocycles. The molecule has 0 radical (unpaired) electrons. The van der Waals surface area contributed by atoms with Gasteiger partial charge in [-0.1, -0.05) is 48.5 Å². The monoisotopic (exact) mass is 395 g/mol. The van der Waals surface area contributed by atoms with Gasteiger partial charge in [-0.25, -0.2) is 0 Å². The number of nitrogens with zero attached hydrogens (tertiary/aromatic N) is 3. The van der Waals surface area contributed by atoms with Crippen molar-refractivity contribution >= 4 is 23.6 Å². The second-order valence-electron chi connectivity index (χ2n) is 6.16. The maximum Gasteiger partial charge on any atom is 0.269 e. The van der Waals surface area contributed by atoms with E-state index in [1.807, 2.05) is 54.8 Å². The number of carbonyl (C=O) groups is 2. The van der Waals surface area contributed by atoms with Gasteiger partial charge in [0.05, 0.1) is 5.75 Å². The van der Waals surface area contributed by atoms with Gasteiger partial charge in [-0.15, -0.1) is 10.2 Å². The summed E-state index contributed by atoms with van der Waals surface area (Å²) in [7, 11) is 0. The van der Waals surface area contributed by atoms with Crippen LogP contribution in [0, 0.1) is 6.92 Å². The molecule has 0 fully saturated rings. The number of thioether (sulfide) groups is 1. The van der Waals surface area contributed by atoms with Gasteiger partial charge in [-0.3, -0.25) is 25.0 Å². The third kappa shape index (κ3) is 4.98. The summed E-state index contributed by atoms with van der Waals surface area (Å²) in [4.78, 5) is 24.2. The largest absolute Gasteiger partial charge is 0.277 e. The van der Waals surface area contributed by atoms with E-state index in [9.17, 15) is 9.59 Å². The molecule has 2 amide bonds. The third-order valence-electron chi connectivity index (χ3n) is 4.10. The van der Waals surface area contributed by atoms with Gasteiger partial charge in [0.1, 0.15) is 6.33 Å². The van der Waals surface area contributed by atoms with E-state index in [-0.39, 0.29) is 17.6 Å². The van der Waals surface area contributed by atoms with E-state index in [1.165, 1.54) is 11.8 Å². The Kier molecular flexibility index (Phi) is 6.44. The molecule has 2 aromatic carbocycles. The van der Waals surface area contributed by atoms with Crippen molar-refractivity contribution in [2.45, 2.75) is 25.4 Å². The molecule has 0 spiro atoms. The van der Waals surface area contributed by atoms with Gasteiger partial charge in [0.2, 0.25) is 5.91 Å². The fourth-order valence-electron chi connectivity index (χ4n) is 2.46. The van der Waals surface area contributed by atoms with E-state index in [0.29, 0.717) is 10.7 Å². The molecule has 8 heteroatoms. The van der Waals surface area contributed by atoms with Crippen LogP contribution in [0.4, 0.5) is 0 Å². The predicted molar refractivity (Wildman–Crippen MR) is 108 cm³/mol. The van der Waals surface area contributed by atoms with Gasteiger partial charge in [-0.05, 0) is 43.2 Å². The topological polar surface area (TPSA) is 88.9 Å². The Morgan fingerprint density at radius 2 is 1.75 bits per heavy atom. The molecule has 0 saturated carbocycles. The highest BCUT2D eigenvalue weighted by molar-refractivity contribution is 7.99. The molecule has 0 aliphatic carbocycles. The zero-order chi connectivity index (χ0) is 19.9. The molecule has 0 aliphatic heterocycles. The van der Waals surface area contributed by atoms with Gasteiger partial charge in [-0.2, -0.15) is 0 Å². The quantitative estimate of drug-likeness (QED) is 0.495. The number of aryl methyl sites for hydroxylation is 2. The molecule has 0 atom stereocenters. The molecule has 2 N–H and O–H groups in total. The number of carbonyl (C=O) groups excluding carboxylic acids is 2. The summed E-state index contributed by atoms with van der Waals surface area (Å²) in [5, 5.41) is 8.57. The lowest BCUT2D eigenvalue weighted by Gasteiger charge is -2.08. The Bertz CT molecular complexity index is 951. The van der Waals surface area contributed by atoms with Gasteiger partial charge in [0.15, 0.2) is 5.16 Å². The molecule has 0 unspecified atom stereocenters. The molecule has 3 rings (SSSR count). The Balaban J connectivity index is 1.51. The van der Waals surface area contributed by atoms with Crippen molar-refractivity contribution in [1.29, 1.82) is 0 Å². The van der Waals surface area contributed by atoms with E-state index >= 15 is 0 Å². The average molecular weight is 395 g/mol. The number of rotatable bonds is 6. The molecule has 0 aliphatic rings. The van der Waals surface area contributed by atoms with Crippen LogP contribution in [0.25, 0.3) is 5.69 Å². The van der Waals surface area contributed by atoms with Crippen LogP contribution >= 0.6 is 11.8 Å². The second-order valence-corrected chi connectivity index (χ2v) is 7.10. The maximum absolute atomic E-state index is 12.1. The van der Waals surface area contributed by atoms with Crippen LogP contribution in [-0.2, 0) is 11.2 Å². The molecule has 0 saturated heterocycles. The normalized spacial score (nSPS) is 10.5. The summed E-state index contributed by atoms with van der Waals surface area (Å²) < 4.78 is 1.81. The molecule has 28 heavy (non-hydrogen) atoms. The summed E-state index contributed by atoms with van der Waals surface area (Å²) in [6.07, 6.45) is 2.51. The minimum absolute atomic E-state index is 0.0968. The number of benzene rings is 2. The molecular formula is C20H21N5O2S. The number of aromatic nitrogens is 3. The highest BCUT2D eigenvalue weighted by Gasteiger charge is 2.11.